The second-order valence-electron chi connectivity index (χ2n) is 5.24. The van der Waals surface area contributed by atoms with Crippen molar-refractivity contribution >= 4 is 5.91 Å². The van der Waals surface area contributed by atoms with Crippen molar-refractivity contribution in [1.29, 1.82) is 0 Å². The van der Waals surface area contributed by atoms with E-state index in [4.69, 9.17) is 0 Å². The van der Waals surface area contributed by atoms with Crippen LogP contribution in [0.2, 0.25) is 0 Å². The number of carbonyl (C=O) groups excluding carboxylic acids is 1. The number of hydrogen-bond donors (Lipinski definition) is 1. The van der Waals surface area contributed by atoms with E-state index in [1.807, 2.05) is 43.0 Å². The molecular weight excluding hydrogens is 226 g/mol. The van der Waals surface area contributed by atoms with Gasteiger partial charge in [0.05, 0.1) is 6.10 Å². The first-order valence-electron chi connectivity index (χ1n) is 6.62. The molecule has 1 aromatic carbocycles. The minimum Gasteiger partial charge on any atom is -0.393 e. The number of piperidine rings is 1. The van der Waals surface area contributed by atoms with Gasteiger partial charge in [-0.15, -0.1) is 0 Å². The summed E-state index contributed by atoms with van der Waals surface area (Å²) in [5.41, 5.74) is 1.93. The first-order valence-corrected chi connectivity index (χ1v) is 6.62. The van der Waals surface area contributed by atoms with Crippen LogP contribution < -0.4 is 0 Å². The van der Waals surface area contributed by atoms with Gasteiger partial charge in [0.25, 0.3) is 5.91 Å². The van der Waals surface area contributed by atoms with Crippen molar-refractivity contribution in [3.63, 3.8) is 0 Å². The van der Waals surface area contributed by atoms with Gasteiger partial charge in [0.15, 0.2) is 0 Å². The monoisotopic (exact) mass is 247 g/mol. The molecule has 2 rings (SSSR count). The SMILES string of the molecule is Cc1ccc(C(=O)N2CCC(C(C)O)CC2)cc1. The molecule has 18 heavy (non-hydrogen) atoms. The number of carbonyl (C=O) groups is 1. The summed E-state index contributed by atoms with van der Waals surface area (Å²) in [7, 11) is 0. The quantitative estimate of drug-likeness (QED) is 0.870. The number of aryl methyl sites for hydroxylation is 1. The van der Waals surface area contributed by atoms with Crippen LogP contribution in [-0.2, 0) is 0 Å². The molecule has 1 aliphatic heterocycles. The van der Waals surface area contributed by atoms with E-state index >= 15 is 0 Å². The molecule has 1 saturated heterocycles. The molecule has 3 heteroatoms. The van der Waals surface area contributed by atoms with Gasteiger partial charge in [-0.1, -0.05) is 17.7 Å². The molecule has 1 fully saturated rings. The van der Waals surface area contributed by atoms with Crippen molar-refractivity contribution in [2.75, 3.05) is 13.1 Å². The van der Waals surface area contributed by atoms with E-state index in [1.165, 1.54) is 5.56 Å². The lowest BCUT2D eigenvalue weighted by molar-refractivity contribution is 0.0521. The highest BCUT2D eigenvalue weighted by atomic mass is 16.3. The highest BCUT2D eigenvalue weighted by Gasteiger charge is 2.25. The van der Waals surface area contributed by atoms with E-state index in [0.717, 1.165) is 31.5 Å². The van der Waals surface area contributed by atoms with Crippen LogP contribution in [-0.4, -0.2) is 35.1 Å². The molecule has 0 saturated carbocycles. The topological polar surface area (TPSA) is 40.5 Å². The Morgan fingerprint density at radius 1 is 1.28 bits per heavy atom. The van der Waals surface area contributed by atoms with Crippen molar-refractivity contribution in [3.8, 4) is 0 Å². The number of hydrogen-bond acceptors (Lipinski definition) is 2. The zero-order chi connectivity index (χ0) is 13.1. The molecule has 1 amide bonds. The largest absolute Gasteiger partial charge is 0.393 e. The number of nitrogens with zero attached hydrogens (tertiary/aromatic N) is 1. The Hall–Kier alpha value is -1.35. The molecule has 0 spiro atoms. The Bertz CT molecular complexity index is 403. The maximum absolute atomic E-state index is 12.3. The third-order valence-electron chi connectivity index (χ3n) is 3.81. The van der Waals surface area contributed by atoms with Crippen LogP contribution in [0, 0.1) is 12.8 Å². The number of aliphatic hydroxyl groups excluding tert-OH is 1. The van der Waals surface area contributed by atoms with E-state index in [-0.39, 0.29) is 12.0 Å². The molecule has 1 heterocycles. The molecule has 1 atom stereocenters. The maximum Gasteiger partial charge on any atom is 0.253 e. The van der Waals surface area contributed by atoms with Gasteiger partial charge >= 0.3 is 0 Å². The van der Waals surface area contributed by atoms with E-state index in [9.17, 15) is 9.90 Å². The predicted molar refractivity (Wildman–Crippen MR) is 71.5 cm³/mol. The summed E-state index contributed by atoms with van der Waals surface area (Å²) in [6.45, 7) is 5.36. The second kappa shape index (κ2) is 5.53. The zero-order valence-corrected chi connectivity index (χ0v) is 11.1. The van der Waals surface area contributed by atoms with E-state index in [0.29, 0.717) is 5.92 Å². The summed E-state index contributed by atoms with van der Waals surface area (Å²) in [5.74, 6) is 0.450. The Labute approximate surface area is 108 Å². The molecule has 0 radical (unpaired) electrons. The smallest absolute Gasteiger partial charge is 0.253 e. The fourth-order valence-corrected chi connectivity index (χ4v) is 2.46. The lowest BCUT2D eigenvalue weighted by Crippen LogP contribution is -2.40. The van der Waals surface area contributed by atoms with Gasteiger partial charge < -0.3 is 10.0 Å². The number of amides is 1. The predicted octanol–water partition coefficient (Wildman–Crippen LogP) is 2.23. The van der Waals surface area contributed by atoms with Crippen molar-refractivity contribution in [2.45, 2.75) is 32.8 Å². The summed E-state index contributed by atoms with van der Waals surface area (Å²) in [6, 6.07) is 7.71. The number of aliphatic hydroxyl groups is 1. The Kier molecular flexibility index (Phi) is 4.02. The number of rotatable bonds is 2. The van der Waals surface area contributed by atoms with Crippen molar-refractivity contribution < 1.29 is 9.90 Å². The molecule has 1 aromatic rings. The standard InChI is InChI=1S/C15H21NO2/c1-11-3-5-14(6-4-11)15(18)16-9-7-13(8-10-16)12(2)17/h3-6,12-13,17H,7-10H2,1-2H3. The van der Waals surface area contributed by atoms with Crippen LogP contribution in [0.15, 0.2) is 24.3 Å². The van der Waals surface area contributed by atoms with Gasteiger partial charge in [0.1, 0.15) is 0 Å². The van der Waals surface area contributed by atoms with Gasteiger partial charge in [0, 0.05) is 18.7 Å². The molecule has 1 N–H and O–H groups in total. The van der Waals surface area contributed by atoms with Gasteiger partial charge in [-0.3, -0.25) is 4.79 Å². The molecular formula is C15H21NO2. The van der Waals surface area contributed by atoms with Crippen LogP contribution in [0.25, 0.3) is 0 Å². The summed E-state index contributed by atoms with van der Waals surface area (Å²) >= 11 is 0. The Morgan fingerprint density at radius 2 is 1.83 bits per heavy atom. The summed E-state index contributed by atoms with van der Waals surface area (Å²) in [6.07, 6.45) is 1.53. The number of benzene rings is 1. The van der Waals surface area contributed by atoms with Crippen LogP contribution >= 0.6 is 0 Å². The first kappa shape index (κ1) is 13.1. The fourth-order valence-electron chi connectivity index (χ4n) is 2.46. The van der Waals surface area contributed by atoms with Crippen LogP contribution in [0.3, 0.4) is 0 Å². The minimum absolute atomic E-state index is 0.110. The molecule has 1 unspecified atom stereocenters. The van der Waals surface area contributed by atoms with Crippen molar-refractivity contribution in [3.05, 3.63) is 35.4 Å². The highest BCUT2D eigenvalue weighted by molar-refractivity contribution is 5.94. The summed E-state index contributed by atoms with van der Waals surface area (Å²) in [4.78, 5) is 14.1. The van der Waals surface area contributed by atoms with E-state index in [2.05, 4.69) is 0 Å². The normalized spacial score (nSPS) is 18.7. The van der Waals surface area contributed by atoms with Gasteiger partial charge in [-0.25, -0.2) is 0 Å². The van der Waals surface area contributed by atoms with Crippen LogP contribution in [0.5, 0.6) is 0 Å². The highest BCUT2D eigenvalue weighted by Crippen LogP contribution is 2.21. The van der Waals surface area contributed by atoms with Crippen LogP contribution in [0.4, 0.5) is 0 Å². The first-order chi connectivity index (χ1) is 8.58. The lowest BCUT2D eigenvalue weighted by Gasteiger charge is -2.33. The van der Waals surface area contributed by atoms with Gasteiger partial charge in [-0.2, -0.15) is 0 Å². The number of likely N-dealkylation sites (tertiary alicyclic amines) is 1. The molecule has 0 bridgehead atoms. The Balaban J connectivity index is 1.97. The molecule has 3 nitrogen and oxygen atoms in total. The maximum atomic E-state index is 12.3. The lowest BCUT2D eigenvalue weighted by atomic mass is 9.92. The van der Waals surface area contributed by atoms with E-state index in [1.54, 1.807) is 0 Å². The van der Waals surface area contributed by atoms with Crippen molar-refractivity contribution in [2.24, 2.45) is 5.92 Å². The molecule has 0 aliphatic carbocycles. The van der Waals surface area contributed by atoms with Crippen molar-refractivity contribution in [1.82, 2.24) is 4.90 Å². The minimum atomic E-state index is -0.262. The summed E-state index contributed by atoms with van der Waals surface area (Å²) < 4.78 is 0. The molecule has 1 aliphatic rings. The van der Waals surface area contributed by atoms with Crippen LogP contribution in [0.1, 0.15) is 35.7 Å². The average molecular weight is 247 g/mol. The Morgan fingerprint density at radius 3 is 2.33 bits per heavy atom. The van der Waals surface area contributed by atoms with Gasteiger partial charge in [-0.05, 0) is 44.7 Å². The van der Waals surface area contributed by atoms with Gasteiger partial charge in [0.2, 0.25) is 0 Å². The fraction of sp³-hybridized carbons (Fsp3) is 0.533. The zero-order valence-electron chi connectivity index (χ0n) is 11.1. The third-order valence-corrected chi connectivity index (χ3v) is 3.81. The summed E-state index contributed by atoms with van der Waals surface area (Å²) in [5, 5.41) is 9.55. The third kappa shape index (κ3) is 2.91. The molecule has 0 aromatic heterocycles. The van der Waals surface area contributed by atoms with E-state index < -0.39 is 0 Å². The second-order valence-corrected chi connectivity index (χ2v) is 5.24. The average Bonchev–Trinajstić information content (AvgIpc) is 2.39. The molecule has 98 valence electrons.